The van der Waals surface area contributed by atoms with Crippen LogP contribution in [0.25, 0.3) is 4.96 Å². The summed E-state index contributed by atoms with van der Waals surface area (Å²) >= 11 is 1.03. The quantitative estimate of drug-likeness (QED) is 0.782. The number of carboxylic acids is 1. The van der Waals surface area contributed by atoms with Crippen molar-refractivity contribution in [3.05, 3.63) is 46.7 Å². The van der Waals surface area contributed by atoms with Gasteiger partial charge in [-0.1, -0.05) is 41.7 Å². The zero-order valence-corrected chi connectivity index (χ0v) is 10.7. The summed E-state index contributed by atoms with van der Waals surface area (Å²) < 4.78 is 1.51. The molecule has 3 aromatic rings. The Morgan fingerprint density at radius 2 is 2.00 bits per heavy atom. The van der Waals surface area contributed by atoms with Gasteiger partial charge in [0.25, 0.3) is 0 Å². The summed E-state index contributed by atoms with van der Waals surface area (Å²) in [4.78, 5) is 11.4. The van der Waals surface area contributed by atoms with Crippen LogP contribution in [0.4, 0.5) is 0 Å². The first-order chi connectivity index (χ1) is 9.24. The van der Waals surface area contributed by atoms with E-state index in [4.69, 9.17) is 5.11 Å². The van der Waals surface area contributed by atoms with Crippen LogP contribution < -0.4 is 0 Å². The molecule has 0 spiro atoms. The Morgan fingerprint density at radius 3 is 2.74 bits per heavy atom. The van der Waals surface area contributed by atoms with Crippen molar-refractivity contribution in [1.82, 2.24) is 19.8 Å². The maximum Gasteiger partial charge on any atom is 0.367 e. The minimum atomic E-state index is -1.04. The average molecular weight is 274 g/mol. The highest BCUT2D eigenvalue weighted by atomic mass is 32.1. The molecule has 7 heteroatoms. The summed E-state index contributed by atoms with van der Waals surface area (Å²) in [5, 5.41) is 20.9. The fourth-order valence-corrected chi connectivity index (χ4v) is 2.50. The van der Waals surface area contributed by atoms with Gasteiger partial charge in [0.15, 0.2) is 5.82 Å². The van der Waals surface area contributed by atoms with Gasteiger partial charge in [-0.05, 0) is 12.0 Å². The number of carboxylic acid groups (broad SMARTS) is 1. The van der Waals surface area contributed by atoms with Crippen LogP contribution in [-0.2, 0) is 12.8 Å². The van der Waals surface area contributed by atoms with Crippen LogP contribution in [0.2, 0.25) is 0 Å². The van der Waals surface area contributed by atoms with Crippen molar-refractivity contribution in [2.24, 2.45) is 0 Å². The number of hydrogen-bond acceptors (Lipinski definition) is 5. The summed E-state index contributed by atoms with van der Waals surface area (Å²) in [5.74, 6) is -0.355. The Bertz CT molecular complexity index is 720. The van der Waals surface area contributed by atoms with Crippen LogP contribution >= 0.6 is 11.3 Å². The summed E-state index contributed by atoms with van der Waals surface area (Å²) in [7, 11) is 0. The van der Waals surface area contributed by atoms with E-state index in [-0.39, 0.29) is 5.01 Å². The van der Waals surface area contributed by atoms with Gasteiger partial charge < -0.3 is 5.11 Å². The Kier molecular flexibility index (Phi) is 2.96. The molecule has 19 heavy (non-hydrogen) atoms. The van der Waals surface area contributed by atoms with E-state index >= 15 is 0 Å². The molecule has 0 aliphatic heterocycles. The Labute approximate surface area is 112 Å². The Morgan fingerprint density at radius 1 is 1.21 bits per heavy atom. The smallest absolute Gasteiger partial charge is 0.367 e. The van der Waals surface area contributed by atoms with Crippen molar-refractivity contribution < 1.29 is 9.90 Å². The molecule has 0 aliphatic rings. The van der Waals surface area contributed by atoms with E-state index in [2.05, 4.69) is 15.3 Å². The minimum Gasteiger partial charge on any atom is -0.476 e. The van der Waals surface area contributed by atoms with Gasteiger partial charge in [0.2, 0.25) is 9.97 Å². The van der Waals surface area contributed by atoms with Gasteiger partial charge in [-0.25, -0.2) is 4.79 Å². The normalized spacial score (nSPS) is 10.9. The van der Waals surface area contributed by atoms with Gasteiger partial charge in [-0.3, -0.25) is 0 Å². The third-order valence-electron chi connectivity index (χ3n) is 2.72. The van der Waals surface area contributed by atoms with Crippen molar-refractivity contribution in [2.45, 2.75) is 12.8 Å². The predicted octanol–water partition coefficient (Wildman–Crippen LogP) is 1.67. The van der Waals surface area contributed by atoms with Gasteiger partial charge in [0, 0.05) is 6.42 Å². The van der Waals surface area contributed by atoms with Gasteiger partial charge in [0.05, 0.1) is 0 Å². The van der Waals surface area contributed by atoms with E-state index in [1.54, 1.807) is 0 Å². The number of aryl methyl sites for hydroxylation is 2. The summed E-state index contributed by atoms with van der Waals surface area (Å²) in [6, 6.07) is 10.0. The zero-order chi connectivity index (χ0) is 13.2. The van der Waals surface area contributed by atoms with Crippen molar-refractivity contribution >= 4 is 22.3 Å². The largest absolute Gasteiger partial charge is 0.476 e. The number of benzene rings is 1. The third-order valence-corrected chi connectivity index (χ3v) is 3.61. The molecule has 0 amide bonds. The predicted molar refractivity (Wildman–Crippen MR) is 69.5 cm³/mol. The Hall–Kier alpha value is -2.28. The first-order valence-corrected chi connectivity index (χ1v) is 6.54. The fraction of sp³-hybridized carbons (Fsp3) is 0.167. The SMILES string of the molecule is O=C(O)c1nn2c(CCc3ccccc3)nnc2s1. The van der Waals surface area contributed by atoms with Crippen LogP contribution in [0.3, 0.4) is 0 Å². The molecule has 0 unspecified atom stereocenters. The van der Waals surface area contributed by atoms with E-state index in [0.29, 0.717) is 17.2 Å². The topological polar surface area (TPSA) is 80.4 Å². The number of fused-ring (bicyclic) bond motifs is 1. The van der Waals surface area contributed by atoms with Crippen molar-refractivity contribution in [2.75, 3.05) is 0 Å². The molecule has 3 rings (SSSR count). The monoisotopic (exact) mass is 274 g/mol. The molecular weight excluding hydrogens is 264 g/mol. The summed E-state index contributed by atoms with van der Waals surface area (Å²) in [6.07, 6.45) is 1.50. The van der Waals surface area contributed by atoms with Crippen molar-refractivity contribution in [1.29, 1.82) is 0 Å². The maximum atomic E-state index is 10.8. The molecule has 0 aliphatic carbocycles. The molecule has 1 aromatic carbocycles. The molecule has 0 bridgehead atoms. The van der Waals surface area contributed by atoms with E-state index in [9.17, 15) is 4.79 Å². The van der Waals surface area contributed by atoms with E-state index in [0.717, 1.165) is 17.8 Å². The molecule has 2 heterocycles. The second-order valence-electron chi connectivity index (χ2n) is 4.01. The maximum absolute atomic E-state index is 10.8. The lowest BCUT2D eigenvalue weighted by Gasteiger charge is -1.98. The molecule has 0 fully saturated rings. The molecule has 6 nitrogen and oxygen atoms in total. The standard InChI is InChI=1S/C12H10N4O2S/c17-11(18)10-15-16-9(13-14-12(16)19-10)7-6-8-4-2-1-3-5-8/h1-5H,6-7H2,(H,17,18). The van der Waals surface area contributed by atoms with Crippen molar-refractivity contribution in [3.63, 3.8) is 0 Å². The van der Waals surface area contributed by atoms with E-state index in [1.807, 2.05) is 30.3 Å². The lowest BCUT2D eigenvalue weighted by molar-refractivity contribution is 0.0695. The lowest BCUT2D eigenvalue weighted by atomic mass is 10.1. The van der Waals surface area contributed by atoms with Gasteiger partial charge in [-0.2, -0.15) is 4.52 Å². The van der Waals surface area contributed by atoms with E-state index in [1.165, 1.54) is 10.1 Å². The molecule has 0 atom stereocenters. The fourth-order valence-electron chi connectivity index (χ4n) is 1.80. The Balaban J connectivity index is 1.83. The molecule has 0 radical (unpaired) electrons. The number of aromatic nitrogens is 4. The van der Waals surface area contributed by atoms with Gasteiger partial charge in [0.1, 0.15) is 0 Å². The van der Waals surface area contributed by atoms with Gasteiger partial charge in [-0.15, -0.1) is 15.3 Å². The molecule has 96 valence electrons. The minimum absolute atomic E-state index is 0.0332. The third kappa shape index (κ3) is 2.32. The van der Waals surface area contributed by atoms with Crippen molar-refractivity contribution in [3.8, 4) is 0 Å². The lowest BCUT2D eigenvalue weighted by Crippen LogP contribution is -2.02. The molecule has 0 saturated heterocycles. The highest BCUT2D eigenvalue weighted by molar-refractivity contribution is 7.18. The van der Waals surface area contributed by atoms with Crippen LogP contribution in [-0.4, -0.2) is 30.9 Å². The molecule has 0 saturated carbocycles. The van der Waals surface area contributed by atoms with E-state index < -0.39 is 5.97 Å². The molecular formula is C12H10N4O2S. The summed E-state index contributed by atoms with van der Waals surface area (Å²) in [5.41, 5.74) is 1.20. The highest BCUT2D eigenvalue weighted by Gasteiger charge is 2.15. The second-order valence-corrected chi connectivity index (χ2v) is 4.96. The van der Waals surface area contributed by atoms with Crippen LogP contribution in [0, 0.1) is 0 Å². The summed E-state index contributed by atoms with van der Waals surface area (Å²) in [6.45, 7) is 0. The number of rotatable bonds is 4. The zero-order valence-electron chi connectivity index (χ0n) is 9.85. The molecule has 2 aromatic heterocycles. The van der Waals surface area contributed by atoms with Gasteiger partial charge >= 0.3 is 5.97 Å². The van der Waals surface area contributed by atoms with Crippen LogP contribution in [0.5, 0.6) is 0 Å². The second kappa shape index (κ2) is 4.77. The highest BCUT2D eigenvalue weighted by Crippen LogP contribution is 2.15. The first-order valence-electron chi connectivity index (χ1n) is 5.72. The molecule has 1 N–H and O–H groups in total. The number of nitrogens with zero attached hydrogens (tertiary/aromatic N) is 4. The first kappa shape index (κ1) is 11.8. The van der Waals surface area contributed by atoms with Crippen LogP contribution in [0.15, 0.2) is 30.3 Å². The van der Waals surface area contributed by atoms with Crippen LogP contribution in [0.1, 0.15) is 21.2 Å². The number of carbonyl (C=O) groups is 1. The number of hydrogen-bond donors (Lipinski definition) is 1. The average Bonchev–Trinajstić information content (AvgIpc) is 2.98. The number of aromatic carboxylic acids is 1.